The lowest BCUT2D eigenvalue weighted by atomic mass is 9.87. The van der Waals surface area contributed by atoms with Crippen molar-refractivity contribution in [2.24, 2.45) is 5.92 Å². The van der Waals surface area contributed by atoms with Gasteiger partial charge in [0.2, 0.25) is 0 Å². The van der Waals surface area contributed by atoms with Crippen LogP contribution in [0.15, 0.2) is 60.7 Å². The molecule has 2 aromatic carbocycles. The number of carbonyl (C=O) groups excluding carboxylic acids is 2. The topological polar surface area (TPSA) is 96.0 Å². The lowest BCUT2D eigenvalue weighted by molar-refractivity contribution is -0.162. The summed E-state index contributed by atoms with van der Waals surface area (Å²) in [5.74, 6) is -4.61. The fraction of sp³-hybridized carbons (Fsp3) is 0.333. The van der Waals surface area contributed by atoms with Gasteiger partial charge in [0.1, 0.15) is 5.75 Å². The summed E-state index contributed by atoms with van der Waals surface area (Å²) in [7, 11) is -4.14. The first-order valence-electron chi connectivity index (χ1n) is 9.23. The van der Waals surface area contributed by atoms with E-state index in [1.165, 1.54) is 12.1 Å². The van der Waals surface area contributed by atoms with Crippen LogP contribution in [0.2, 0.25) is 0 Å². The second kappa shape index (κ2) is 10.6. The molecule has 7 nitrogen and oxygen atoms in total. The molecule has 8 heteroatoms. The van der Waals surface area contributed by atoms with Crippen LogP contribution in [0.5, 0.6) is 5.75 Å². The van der Waals surface area contributed by atoms with Gasteiger partial charge in [0.25, 0.3) is 0 Å². The second-order valence-corrected chi connectivity index (χ2v) is 7.74. The molecular weight excluding hydrogens is 396 g/mol. The Hall–Kier alpha value is -2.87. The third-order valence-electron chi connectivity index (χ3n) is 4.06. The monoisotopic (exact) mass is 420 g/mol. The predicted molar refractivity (Wildman–Crippen MR) is 107 cm³/mol. The number of carbonyl (C=O) groups is 2. The van der Waals surface area contributed by atoms with Crippen molar-refractivity contribution < 1.29 is 31.7 Å². The third kappa shape index (κ3) is 6.60. The van der Waals surface area contributed by atoms with E-state index >= 15 is 0 Å². The van der Waals surface area contributed by atoms with Crippen molar-refractivity contribution in [3.63, 3.8) is 0 Å². The van der Waals surface area contributed by atoms with Crippen molar-refractivity contribution in [3.8, 4) is 5.75 Å². The van der Waals surface area contributed by atoms with Crippen molar-refractivity contribution in [1.29, 1.82) is 0 Å². The van der Waals surface area contributed by atoms with Gasteiger partial charge < -0.3 is 13.7 Å². The van der Waals surface area contributed by atoms with Crippen LogP contribution < -0.4 is 4.18 Å². The minimum atomic E-state index is -4.14. The number of hydrogen-bond donors (Lipinski definition) is 0. The van der Waals surface area contributed by atoms with Gasteiger partial charge in [-0.3, -0.25) is 9.59 Å². The van der Waals surface area contributed by atoms with E-state index in [1.54, 1.807) is 62.4 Å². The van der Waals surface area contributed by atoms with Crippen LogP contribution in [-0.4, -0.2) is 39.3 Å². The summed E-state index contributed by atoms with van der Waals surface area (Å²) >= 11 is 0. The molecule has 0 aromatic heterocycles. The molecule has 0 amide bonds. The van der Waals surface area contributed by atoms with E-state index in [0.29, 0.717) is 5.56 Å². The van der Waals surface area contributed by atoms with Crippen LogP contribution in [0.3, 0.4) is 0 Å². The first-order valence-corrected chi connectivity index (χ1v) is 10.8. The third-order valence-corrected chi connectivity index (χ3v) is 5.27. The molecule has 0 saturated heterocycles. The maximum Gasteiger partial charge on any atom is 0.320 e. The fourth-order valence-electron chi connectivity index (χ4n) is 2.85. The standard InChI is InChI=1S/C21H24O7S/c1-3-26-20(22)19(21(23)27-4-2)18(16-11-7-5-8-12-16)15-29(24,25)28-17-13-9-6-10-14-17/h5-14,18-19H,3-4,15H2,1-2H3. The molecule has 0 fully saturated rings. The zero-order valence-electron chi connectivity index (χ0n) is 16.3. The molecule has 156 valence electrons. The molecule has 0 N–H and O–H groups in total. The highest BCUT2D eigenvalue weighted by Gasteiger charge is 2.41. The van der Waals surface area contributed by atoms with Gasteiger partial charge in [0.15, 0.2) is 5.92 Å². The van der Waals surface area contributed by atoms with Crippen LogP contribution >= 0.6 is 0 Å². The first kappa shape index (κ1) is 22.4. The Morgan fingerprint density at radius 1 is 0.828 bits per heavy atom. The second-order valence-electron chi connectivity index (χ2n) is 6.12. The molecule has 0 radical (unpaired) electrons. The molecule has 2 rings (SSSR count). The van der Waals surface area contributed by atoms with Gasteiger partial charge in [-0.1, -0.05) is 48.5 Å². The van der Waals surface area contributed by atoms with E-state index in [0.717, 1.165) is 0 Å². The summed E-state index contributed by atoms with van der Waals surface area (Å²) in [6.07, 6.45) is 0. The molecule has 0 aliphatic carbocycles. The van der Waals surface area contributed by atoms with Crippen LogP contribution in [-0.2, 0) is 29.2 Å². The van der Waals surface area contributed by atoms with E-state index in [1.807, 2.05) is 0 Å². The first-order chi connectivity index (χ1) is 13.9. The summed E-state index contributed by atoms with van der Waals surface area (Å²) in [6.45, 7) is 3.30. The van der Waals surface area contributed by atoms with Gasteiger partial charge in [0, 0.05) is 5.92 Å². The molecule has 0 spiro atoms. The van der Waals surface area contributed by atoms with E-state index in [2.05, 4.69) is 0 Å². The van der Waals surface area contributed by atoms with Gasteiger partial charge in [-0.25, -0.2) is 0 Å². The van der Waals surface area contributed by atoms with Crippen molar-refractivity contribution >= 4 is 22.1 Å². The molecule has 1 unspecified atom stereocenters. The molecular formula is C21H24O7S. The number of para-hydroxylation sites is 1. The summed E-state index contributed by atoms with van der Waals surface area (Å²) in [6, 6.07) is 16.4. The molecule has 0 heterocycles. The van der Waals surface area contributed by atoms with Crippen LogP contribution in [0.4, 0.5) is 0 Å². The number of benzene rings is 2. The summed E-state index contributed by atoms with van der Waals surface area (Å²) in [5, 5.41) is 0. The van der Waals surface area contributed by atoms with Gasteiger partial charge in [-0.05, 0) is 31.5 Å². The number of rotatable bonds is 10. The maximum atomic E-state index is 12.7. The average molecular weight is 420 g/mol. The van der Waals surface area contributed by atoms with Crippen molar-refractivity contribution in [1.82, 2.24) is 0 Å². The zero-order chi connectivity index (χ0) is 21.3. The smallest absolute Gasteiger partial charge is 0.320 e. The Morgan fingerprint density at radius 3 is 1.79 bits per heavy atom. The van der Waals surface area contributed by atoms with Gasteiger partial charge >= 0.3 is 22.1 Å². The van der Waals surface area contributed by atoms with Gasteiger partial charge in [-0.15, -0.1) is 0 Å². The molecule has 0 bridgehead atoms. The Kier molecular flexibility index (Phi) is 8.21. The number of hydrogen-bond acceptors (Lipinski definition) is 7. The minimum Gasteiger partial charge on any atom is -0.465 e. The fourth-order valence-corrected chi connectivity index (χ4v) is 4.15. The highest BCUT2D eigenvalue weighted by Crippen LogP contribution is 2.30. The average Bonchev–Trinajstić information content (AvgIpc) is 2.69. The van der Waals surface area contributed by atoms with Crippen LogP contribution in [0.25, 0.3) is 0 Å². The molecule has 0 aliphatic rings. The highest BCUT2D eigenvalue weighted by atomic mass is 32.2. The molecule has 2 aromatic rings. The van der Waals surface area contributed by atoms with Gasteiger partial charge in [0.05, 0.1) is 19.0 Å². The summed E-state index contributed by atoms with van der Waals surface area (Å²) < 4.78 is 40.7. The molecule has 29 heavy (non-hydrogen) atoms. The largest absolute Gasteiger partial charge is 0.465 e. The lowest BCUT2D eigenvalue weighted by Gasteiger charge is -2.24. The van der Waals surface area contributed by atoms with E-state index in [9.17, 15) is 18.0 Å². The van der Waals surface area contributed by atoms with E-state index in [4.69, 9.17) is 13.7 Å². The molecule has 0 saturated carbocycles. The van der Waals surface area contributed by atoms with E-state index in [-0.39, 0.29) is 19.0 Å². The molecule has 0 aliphatic heterocycles. The summed E-state index contributed by atoms with van der Waals surface area (Å²) in [4.78, 5) is 25.1. The highest BCUT2D eigenvalue weighted by molar-refractivity contribution is 7.87. The predicted octanol–water partition coefficient (Wildman–Crippen LogP) is 2.92. The lowest BCUT2D eigenvalue weighted by Crippen LogP contribution is -2.37. The quantitative estimate of drug-likeness (QED) is 0.331. The number of esters is 2. The summed E-state index contributed by atoms with van der Waals surface area (Å²) in [5.41, 5.74) is 0.485. The Morgan fingerprint density at radius 2 is 1.31 bits per heavy atom. The van der Waals surface area contributed by atoms with Crippen LogP contribution in [0.1, 0.15) is 25.3 Å². The van der Waals surface area contributed by atoms with Crippen molar-refractivity contribution in [2.75, 3.05) is 19.0 Å². The van der Waals surface area contributed by atoms with Gasteiger partial charge in [-0.2, -0.15) is 8.42 Å². The molecule has 1 atom stereocenters. The van der Waals surface area contributed by atoms with E-state index < -0.39 is 39.6 Å². The Balaban J connectivity index is 2.41. The Labute approximate surface area is 170 Å². The normalized spacial score (nSPS) is 12.2. The van der Waals surface area contributed by atoms with Crippen molar-refractivity contribution in [3.05, 3.63) is 66.2 Å². The van der Waals surface area contributed by atoms with Crippen molar-refractivity contribution in [2.45, 2.75) is 19.8 Å². The minimum absolute atomic E-state index is 0.0452. The Bertz CT molecular complexity index is 877. The van der Waals surface area contributed by atoms with Crippen LogP contribution in [0, 0.1) is 5.92 Å². The number of ether oxygens (including phenoxy) is 2. The zero-order valence-corrected chi connectivity index (χ0v) is 17.1. The maximum absolute atomic E-state index is 12.7. The SMILES string of the molecule is CCOC(=O)C(C(=O)OCC)C(CS(=O)(=O)Oc1ccccc1)c1ccccc1.